The van der Waals surface area contributed by atoms with Gasteiger partial charge in [-0.1, -0.05) is 44.2 Å². The number of aryl methyl sites for hydroxylation is 1. The van der Waals surface area contributed by atoms with Crippen molar-refractivity contribution in [3.8, 4) is 0 Å². The molecule has 1 heterocycles. The third-order valence-electron chi connectivity index (χ3n) is 4.02. The van der Waals surface area contributed by atoms with E-state index in [0.717, 1.165) is 23.5 Å². The first-order chi connectivity index (χ1) is 11.6. The van der Waals surface area contributed by atoms with Crippen LogP contribution in [0.1, 0.15) is 32.8 Å². The number of ether oxygens (including phenoxy) is 2. The molecule has 1 aromatic rings. The third kappa shape index (κ3) is 4.41. The molecule has 5 heteroatoms. The molecule has 0 saturated heterocycles. The van der Waals surface area contributed by atoms with Crippen molar-refractivity contribution in [2.24, 2.45) is 5.92 Å². The molecule has 0 aromatic heterocycles. The lowest BCUT2D eigenvalue weighted by atomic mass is 9.93. The summed E-state index contributed by atoms with van der Waals surface area (Å²) in [6, 6.07) is 10.1. The van der Waals surface area contributed by atoms with Crippen LogP contribution >= 0.6 is 11.8 Å². The first-order valence-electron chi connectivity index (χ1n) is 8.37. The molecule has 1 aromatic carbocycles. The van der Waals surface area contributed by atoms with Gasteiger partial charge in [0.25, 0.3) is 0 Å². The van der Waals surface area contributed by atoms with Gasteiger partial charge in [-0.15, -0.1) is 11.8 Å². The molecule has 0 N–H and O–H groups in total. The number of benzene rings is 1. The number of esters is 2. The summed E-state index contributed by atoms with van der Waals surface area (Å²) in [5, 5.41) is 0. The van der Waals surface area contributed by atoms with Crippen LogP contribution in [0.5, 0.6) is 0 Å². The number of thioether (sulfide) groups is 1. The fraction of sp³-hybridized carbons (Fsp3) is 0.474. The van der Waals surface area contributed by atoms with Gasteiger partial charge >= 0.3 is 11.9 Å². The molecule has 0 radical (unpaired) electrons. The molecule has 0 saturated carbocycles. The summed E-state index contributed by atoms with van der Waals surface area (Å²) in [5.41, 5.74) is 1.29. The maximum absolute atomic E-state index is 12.4. The lowest BCUT2D eigenvalue weighted by Gasteiger charge is -2.31. The smallest absolute Gasteiger partial charge is 0.346 e. The molecule has 0 aliphatic carbocycles. The second-order valence-corrected chi connectivity index (χ2v) is 6.96. The fourth-order valence-electron chi connectivity index (χ4n) is 2.80. The molecule has 130 valence electrons. The van der Waals surface area contributed by atoms with Crippen molar-refractivity contribution in [1.82, 2.24) is 0 Å². The van der Waals surface area contributed by atoms with E-state index in [2.05, 4.69) is 12.1 Å². The highest BCUT2D eigenvalue weighted by Crippen LogP contribution is 2.37. The van der Waals surface area contributed by atoms with E-state index in [1.54, 1.807) is 6.92 Å². The monoisotopic (exact) mass is 348 g/mol. The van der Waals surface area contributed by atoms with Crippen LogP contribution in [0.15, 0.2) is 40.8 Å². The Hall–Kier alpha value is -1.75. The Balaban J connectivity index is 2.17. The Kier molecular flexibility index (Phi) is 6.91. The average Bonchev–Trinajstić information content (AvgIpc) is 2.58. The first-order valence-corrected chi connectivity index (χ1v) is 9.36. The highest BCUT2D eigenvalue weighted by Gasteiger charge is 2.38. The summed E-state index contributed by atoms with van der Waals surface area (Å²) in [5.74, 6) is -0.343. The third-order valence-corrected chi connectivity index (χ3v) is 5.20. The van der Waals surface area contributed by atoms with Crippen LogP contribution in [0.2, 0.25) is 0 Å². The van der Waals surface area contributed by atoms with Gasteiger partial charge in [0.15, 0.2) is 5.57 Å². The zero-order chi connectivity index (χ0) is 17.5. The SMILES string of the molecule is CCOC(=O)C1=C(SCC)C(C)C(CCc2ccccc2)OC1=O. The lowest BCUT2D eigenvalue weighted by Crippen LogP contribution is -2.36. The molecule has 0 spiro atoms. The molecular weight excluding hydrogens is 324 g/mol. The molecule has 2 rings (SSSR count). The van der Waals surface area contributed by atoms with E-state index in [9.17, 15) is 9.59 Å². The zero-order valence-electron chi connectivity index (χ0n) is 14.4. The normalized spacial score (nSPS) is 20.7. The molecule has 0 amide bonds. The second kappa shape index (κ2) is 8.92. The van der Waals surface area contributed by atoms with E-state index in [1.807, 2.05) is 32.0 Å². The minimum Gasteiger partial charge on any atom is -0.462 e. The van der Waals surface area contributed by atoms with E-state index in [-0.39, 0.29) is 24.2 Å². The van der Waals surface area contributed by atoms with Crippen molar-refractivity contribution in [2.75, 3.05) is 12.4 Å². The Morgan fingerprint density at radius 1 is 1.25 bits per heavy atom. The van der Waals surface area contributed by atoms with Crippen LogP contribution in [0.3, 0.4) is 0 Å². The van der Waals surface area contributed by atoms with Gasteiger partial charge in [-0.05, 0) is 31.1 Å². The lowest BCUT2D eigenvalue weighted by molar-refractivity contribution is -0.153. The Morgan fingerprint density at radius 3 is 2.58 bits per heavy atom. The molecule has 4 nitrogen and oxygen atoms in total. The van der Waals surface area contributed by atoms with Gasteiger partial charge in [-0.2, -0.15) is 0 Å². The number of hydrogen-bond acceptors (Lipinski definition) is 5. The maximum Gasteiger partial charge on any atom is 0.346 e. The number of cyclic esters (lactones) is 1. The Labute approximate surface area is 147 Å². The van der Waals surface area contributed by atoms with Crippen LogP contribution in [0, 0.1) is 5.92 Å². The maximum atomic E-state index is 12.4. The first kappa shape index (κ1) is 18.6. The molecule has 0 bridgehead atoms. The summed E-state index contributed by atoms with van der Waals surface area (Å²) in [6.45, 7) is 5.99. The topological polar surface area (TPSA) is 52.6 Å². The molecule has 0 fully saturated rings. The van der Waals surface area contributed by atoms with E-state index >= 15 is 0 Å². The quantitative estimate of drug-likeness (QED) is 0.555. The van der Waals surface area contributed by atoms with Crippen LogP contribution in [0.4, 0.5) is 0 Å². The second-order valence-electron chi connectivity index (χ2n) is 5.65. The van der Waals surface area contributed by atoms with Gasteiger partial charge in [-0.3, -0.25) is 0 Å². The standard InChI is InChI=1S/C19H24O4S/c1-4-22-18(20)16-17(24-5-2)13(3)15(23-19(16)21)12-11-14-9-7-6-8-10-14/h6-10,13,15H,4-5,11-12H2,1-3H3. The Bertz CT molecular complexity index is 609. The molecule has 2 atom stereocenters. The van der Waals surface area contributed by atoms with Gasteiger partial charge in [0, 0.05) is 10.8 Å². The van der Waals surface area contributed by atoms with E-state index in [1.165, 1.54) is 17.3 Å². The van der Waals surface area contributed by atoms with Gasteiger partial charge < -0.3 is 9.47 Å². The minimum atomic E-state index is -0.577. The van der Waals surface area contributed by atoms with Crippen molar-refractivity contribution >= 4 is 23.7 Å². The van der Waals surface area contributed by atoms with Crippen LogP contribution in [-0.2, 0) is 25.5 Å². The van der Waals surface area contributed by atoms with Crippen molar-refractivity contribution in [2.45, 2.75) is 39.7 Å². The van der Waals surface area contributed by atoms with Crippen LogP contribution < -0.4 is 0 Å². The predicted octanol–water partition coefficient (Wildman–Crippen LogP) is 3.75. The Morgan fingerprint density at radius 2 is 1.96 bits per heavy atom. The van der Waals surface area contributed by atoms with Crippen LogP contribution in [0.25, 0.3) is 0 Å². The molecule has 2 unspecified atom stereocenters. The summed E-state index contributed by atoms with van der Waals surface area (Å²) < 4.78 is 10.6. The summed E-state index contributed by atoms with van der Waals surface area (Å²) in [6.07, 6.45) is 1.35. The van der Waals surface area contributed by atoms with E-state index < -0.39 is 11.9 Å². The highest BCUT2D eigenvalue weighted by atomic mass is 32.2. The zero-order valence-corrected chi connectivity index (χ0v) is 15.2. The molecule has 1 aliphatic heterocycles. The van der Waals surface area contributed by atoms with Crippen molar-refractivity contribution in [1.29, 1.82) is 0 Å². The van der Waals surface area contributed by atoms with Crippen molar-refractivity contribution in [3.63, 3.8) is 0 Å². The molecule has 1 aliphatic rings. The number of hydrogen-bond donors (Lipinski definition) is 0. The largest absolute Gasteiger partial charge is 0.462 e. The van der Waals surface area contributed by atoms with E-state index in [0.29, 0.717) is 0 Å². The average molecular weight is 348 g/mol. The van der Waals surface area contributed by atoms with Gasteiger partial charge in [-0.25, -0.2) is 9.59 Å². The summed E-state index contributed by atoms with van der Waals surface area (Å²) in [4.78, 5) is 25.3. The van der Waals surface area contributed by atoms with E-state index in [4.69, 9.17) is 9.47 Å². The fourth-order valence-corrected chi connectivity index (χ4v) is 3.84. The van der Waals surface area contributed by atoms with Gasteiger partial charge in [0.1, 0.15) is 6.10 Å². The summed E-state index contributed by atoms with van der Waals surface area (Å²) >= 11 is 1.53. The van der Waals surface area contributed by atoms with Crippen molar-refractivity contribution < 1.29 is 19.1 Å². The number of carbonyl (C=O) groups is 2. The van der Waals surface area contributed by atoms with Crippen molar-refractivity contribution in [3.05, 3.63) is 46.4 Å². The van der Waals surface area contributed by atoms with Gasteiger partial charge in [0.05, 0.1) is 6.61 Å². The number of carbonyl (C=O) groups excluding carboxylic acids is 2. The van der Waals surface area contributed by atoms with Crippen LogP contribution in [-0.4, -0.2) is 30.4 Å². The molecule has 24 heavy (non-hydrogen) atoms. The number of rotatable bonds is 7. The van der Waals surface area contributed by atoms with Gasteiger partial charge in [0.2, 0.25) is 0 Å². The highest BCUT2D eigenvalue weighted by molar-refractivity contribution is 8.03. The molecular formula is C19H24O4S. The predicted molar refractivity (Wildman–Crippen MR) is 95.6 cm³/mol. The minimum absolute atomic E-state index is 0.00392. The summed E-state index contributed by atoms with van der Waals surface area (Å²) in [7, 11) is 0.